The fraction of sp³-hybridized carbons (Fsp3) is 0.269. The van der Waals surface area contributed by atoms with Gasteiger partial charge in [-0.1, -0.05) is 30.3 Å². The lowest BCUT2D eigenvalue weighted by Crippen LogP contribution is -2.50. The van der Waals surface area contributed by atoms with E-state index in [2.05, 4.69) is 16.3 Å². The van der Waals surface area contributed by atoms with E-state index >= 15 is 0 Å². The van der Waals surface area contributed by atoms with Crippen molar-refractivity contribution in [3.8, 4) is 6.07 Å². The van der Waals surface area contributed by atoms with Crippen LogP contribution in [0.15, 0.2) is 77.4 Å². The third kappa shape index (κ3) is 5.60. The summed E-state index contributed by atoms with van der Waals surface area (Å²) in [5.41, 5.74) is 2.64. The maximum absolute atomic E-state index is 13.5. The maximum Gasteiger partial charge on any atom is 0.287 e. The van der Waals surface area contributed by atoms with E-state index in [4.69, 9.17) is 9.68 Å². The Morgan fingerprint density at radius 2 is 1.76 bits per heavy atom. The van der Waals surface area contributed by atoms with E-state index in [9.17, 15) is 9.59 Å². The molecule has 1 aliphatic rings. The Morgan fingerprint density at radius 1 is 0.970 bits per heavy atom. The van der Waals surface area contributed by atoms with Crippen LogP contribution < -0.4 is 10.2 Å². The van der Waals surface area contributed by atoms with Crippen LogP contribution in [0.3, 0.4) is 0 Å². The monoisotopic (exact) mass is 442 g/mol. The Bertz CT molecular complexity index is 1100. The van der Waals surface area contributed by atoms with Crippen LogP contribution in [0, 0.1) is 11.3 Å². The zero-order chi connectivity index (χ0) is 23.0. The molecule has 1 aliphatic heterocycles. The number of nitrogens with one attached hydrogen (secondary N) is 1. The van der Waals surface area contributed by atoms with Crippen molar-refractivity contribution < 1.29 is 14.0 Å². The van der Waals surface area contributed by atoms with Crippen molar-refractivity contribution in [3.05, 3.63) is 89.9 Å². The molecule has 33 heavy (non-hydrogen) atoms. The zero-order valence-electron chi connectivity index (χ0n) is 18.3. The first-order valence-corrected chi connectivity index (χ1v) is 11.1. The number of furan rings is 1. The number of carbonyl (C=O) groups excluding carboxylic acids is 2. The molecule has 2 aromatic carbocycles. The molecular weight excluding hydrogens is 416 g/mol. The molecule has 7 heteroatoms. The minimum Gasteiger partial charge on any atom is -0.459 e. The van der Waals surface area contributed by atoms with Crippen molar-refractivity contribution in [3.63, 3.8) is 0 Å². The lowest BCUT2D eigenvalue weighted by atomic mass is 10.0. The highest BCUT2D eigenvalue weighted by Gasteiger charge is 2.28. The minimum atomic E-state index is -0.688. The lowest BCUT2D eigenvalue weighted by molar-refractivity contribution is -0.133. The van der Waals surface area contributed by atoms with E-state index in [0.29, 0.717) is 31.6 Å². The van der Waals surface area contributed by atoms with Gasteiger partial charge in [0.15, 0.2) is 5.76 Å². The normalized spacial score (nSPS) is 14.8. The standard InChI is InChI=1S/C26H26N4O3/c27-19-21-9-11-22(12-10-21)29-13-5-14-30(16-15-29)26(32)23(18-20-6-2-1-3-7-20)28-25(31)24-8-4-17-33-24/h1-4,6-12,17,23H,5,13-16,18H2,(H,28,31). The quantitative estimate of drug-likeness (QED) is 0.633. The van der Waals surface area contributed by atoms with Gasteiger partial charge >= 0.3 is 0 Å². The van der Waals surface area contributed by atoms with Gasteiger partial charge in [0.05, 0.1) is 17.9 Å². The number of hydrogen-bond acceptors (Lipinski definition) is 5. The molecule has 1 unspecified atom stereocenters. The van der Waals surface area contributed by atoms with Crippen molar-refractivity contribution >= 4 is 17.5 Å². The second-order valence-corrected chi connectivity index (χ2v) is 8.02. The van der Waals surface area contributed by atoms with Crippen molar-refractivity contribution in [1.82, 2.24) is 10.2 Å². The summed E-state index contributed by atoms with van der Waals surface area (Å²) in [5, 5.41) is 11.9. The predicted molar refractivity (Wildman–Crippen MR) is 125 cm³/mol. The third-order valence-electron chi connectivity index (χ3n) is 5.80. The SMILES string of the molecule is N#Cc1ccc(N2CCCN(C(=O)C(Cc3ccccc3)NC(=O)c3ccco3)CC2)cc1. The highest BCUT2D eigenvalue weighted by molar-refractivity contribution is 5.95. The predicted octanol–water partition coefficient (Wildman–Crippen LogP) is 3.23. The van der Waals surface area contributed by atoms with Crippen LogP contribution in [0.2, 0.25) is 0 Å². The van der Waals surface area contributed by atoms with Gasteiger partial charge in [-0.3, -0.25) is 9.59 Å². The number of hydrogen-bond donors (Lipinski definition) is 1. The molecule has 2 heterocycles. The van der Waals surface area contributed by atoms with Crippen molar-refractivity contribution in [2.75, 3.05) is 31.1 Å². The number of nitriles is 1. The first kappa shape index (κ1) is 22.2. The Hall–Kier alpha value is -4.05. The summed E-state index contributed by atoms with van der Waals surface area (Å²) in [6.45, 7) is 2.67. The van der Waals surface area contributed by atoms with Crippen molar-refractivity contribution in [2.45, 2.75) is 18.9 Å². The molecule has 168 valence electrons. The highest BCUT2D eigenvalue weighted by Crippen LogP contribution is 2.18. The second-order valence-electron chi connectivity index (χ2n) is 8.02. The fourth-order valence-corrected chi connectivity index (χ4v) is 4.05. The third-order valence-corrected chi connectivity index (χ3v) is 5.80. The summed E-state index contributed by atoms with van der Waals surface area (Å²) in [4.78, 5) is 30.2. The molecule has 7 nitrogen and oxygen atoms in total. The van der Waals surface area contributed by atoms with Gasteiger partial charge < -0.3 is 19.5 Å². The molecule has 3 aromatic rings. The Morgan fingerprint density at radius 3 is 2.45 bits per heavy atom. The van der Waals surface area contributed by atoms with Crippen LogP contribution in [0.4, 0.5) is 5.69 Å². The van der Waals surface area contributed by atoms with Gasteiger partial charge in [-0.2, -0.15) is 5.26 Å². The zero-order valence-corrected chi connectivity index (χ0v) is 18.3. The molecule has 1 N–H and O–H groups in total. The molecule has 1 saturated heterocycles. The van der Waals surface area contributed by atoms with Crippen molar-refractivity contribution in [1.29, 1.82) is 5.26 Å². The van der Waals surface area contributed by atoms with Crippen LogP contribution in [0.25, 0.3) is 0 Å². The molecule has 4 rings (SSSR count). The molecule has 1 aromatic heterocycles. The highest BCUT2D eigenvalue weighted by atomic mass is 16.3. The summed E-state index contributed by atoms with van der Waals surface area (Å²) >= 11 is 0. The van der Waals surface area contributed by atoms with E-state index in [-0.39, 0.29) is 11.7 Å². The van der Waals surface area contributed by atoms with Gasteiger partial charge in [-0.15, -0.1) is 0 Å². The minimum absolute atomic E-state index is 0.0968. The van der Waals surface area contributed by atoms with Gasteiger partial charge in [0.25, 0.3) is 5.91 Å². The van der Waals surface area contributed by atoms with E-state index in [1.54, 1.807) is 12.1 Å². The van der Waals surface area contributed by atoms with E-state index in [0.717, 1.165) is 24.2 Å². The number of anilines is 1. The first-order chi connectivity index (χ1) is 16.1. The topological polar surface area (TPSA) is 89.6 Å². The number of rotatable bonds is 6. The van der Waals surface area contributed by atoms with Crippen LogP contribution in [0.5, 0.6) is 0 Å². The molecule has 0 saturated carbocycles. The second kappa shape index (κ2) is 10.5. The average molecular weight is 443 g/mol. The number of carbonyl (C=O) groups is 2. The molecule has 0 radical (unpaired) electrons. The first-order valence-electron chi connectivity index (χ1n) is 11.1. The van der Waals surface area contributed by atoms with Gasteiger partial charge in [0, 0.05) is 38.3 Å². The van der Waals surface area contributed by atoms with Gasteiger partial charge in [0.2, 0.25) is 5.91 Å². The summed E-state index contributed by atoms with van der Waals surface area (Å²) in [6, 6.07) is 21.9. The summed E-state index contributed by atoms with van der Waals surface area (Å²) in [6.07, 6.45) is 2.66. The number of benzene rings is 2. The molecule has 0 bridgehead atoms. The van der Waals surface area contributed by atoms with E-state index in [1.807, 2.05) is 59.5 Å². The summed E-state index contributed by atoms with van der Waals surface area (Å²) < 4.78 is 5.21. The number of amides is 2. The maximum atomic E-state index is 13.5. The molecule has 2 amide bonds. The fourth-order valence-electron chi connectivity index (χ4n) is 4.05. The molecule has 1 fully saturated rings. The van der Waals surface area contributed by atoms with Crippen molar-refractivity contribution in [2.24, 2.45) is 0 Å². The number of nitrogens with zero attached hydrogens (tertiary/aromatic N) is 3. The average Bonchev–Trinajstić information content (AvgIpc) is 3.29. The Labute approximate surface area is 193 Å². The van der Waals surface area contributed by atoms with E-state index < -0.39 is 11.9 Å². The van der Waals surface area contributed by atoms with Gasteiger partial charge in [-0.05, 0) is 48.4 Å². The van der Waals surface area contributed by atoms with Crippen LogP contribution in [-0.2, 0) is 11.2 Å². The Balaban J connectivity index is 1.46. The molecular formula is C26H26N4O3. The largest absolute Gasteiger partial charge is 0.459 e. The lowest BCUT2D eigenvalue weighted by Gasteiger charge is -2.27. The summed E-state index contributed by atoms with van der Waals surface area (Å²) in [7, 11) is 0. The molecule has 0 aliphatic carbocycles. The van der Waals surface area contributed by atoms with E-state index in [1.165, 1.54) is 6.26 Å². The molecule has 1 atom stereocenters. The Kier molecular flexibility index (Phi) is 7.06. The smallest absolute Gasteiger partial charge is 0.287 e. The van der Waals surface area contributed by atoms with Gasteiger partial charge in [0.1, 0.15) is 6.04 Å². The van der Waals surface area contributed by atoms with Crippen LogP contribution in [-0.4, -0.2) is 48.9 Å². The summed E-state index contributed by atoms with van der Waals surface area (Å²) in [5.74, 6) is -0.313. The van der Waals surface area contributed by atoms with Crippen LogP contribution >= 0.6 is 0 Å². The van der Waals surface area contributed by atoms with Gasteiger partial charge in [-0.25, -0.2) is 0 Å². The molecule has 0 spiro atoms. The van der Waals surface area contributed by atoms with Crippen LogP contribution in [0.1, 0.15) is 28.1 Å².